The van der Waals surface area contributed by atoms with Crippen LogP contribution in [0, 0.1) is 19.3 Å². The summed E-state index contributed by atoms with van der Waals surface area (Å²) >= 11 is 7.51. The van der Waals surface area contributed by atoms with Crippen molar-refractivity contribution in [2.45, 2.75) is 44.6 Å². The third-order valence-corrected chi connectivity index (χ3v) is 6.92. The minimum Gasteiger partial charge on any atom is -0.321 e. The minimum atomic E-state index is -0.596. The Morgan fingerprint density at radius 3 is 2.66 bits per heavy atom. The molecule has 1 aliphatic rings. The van der Waals surface area contributed by atoms with E-state index >= 15 is 0 Å². The van der Waals surface area contributed by atoms with Crippen LogP contribution in [0.5, 0.6) is 0 Å². The van der Waals surface area contributed by atoms with Gasteiger partial charge in [-0.05, 0) is 49.6 Å². The summed E-state index contributed by atoms with van der Waals surface area (Å²) in [6.07, 6.45) is 10.4. The number of para-hydroxylation sites is 1. The first-order valence-corrected chi connectivity index (χ1v) is 11.6. The van der Waals surface area contributed by atoms with Crippen molar-refractivity contribution < 1.29 is 9.59 Å². The van der Waals surface area contributed by atoms with Crippen molar-refractivity contribution in [1.82, 2.24) is 10.3 Å². The molecular weight excluding hydrogens is 444 g/mol. The van der Waals surface area contributed by atoms with Crippen LogP contribution in [0.3, 0.4) is 0 Å². The van der Waals surface area contributed by atoms with Gasteiger partial charge in [-0.1, -0.05) is 60.3 Å². The highest BCUT2D eigenvalue weighted by Crippen LogP contribution is 2.30. The Bertz CT molecular complexity index is 1200. The molecular formula is C24H23ClN4O2S. The van der Waals surface area contributed by atoms with Gasteiger partial charge in [0.25, 0.3) is 5.91 Å². The van der Waals surface area contributed by atoms with Gasteiger partial charge in [-0.25, -0.2) is 9.78 Å². The summed E-state index contributed by atoms with van der Waals surface area (Å²) < 4.78 is 0.785. The number of thiazole rings is 1. The van der Waals surface area contributed by atoms with E-state index in [0.29, 0.717) is 26.9 Å². The lowest BCUT2D eigenvalue weighted by atomic mass is 9.82. The molecule has 2 aromatic carbocycles. The van der Waals surface area contributed by atoms with Crippen LogP contribution in [-0.4, -0.2) is 22.5 Å². The van der Waals surface area contributed by atoms with E-state index in [9.17, 15) is 9.59 Å². The van der Waals surface area contributed by atoms with Crippen LogP contribution in [0.25, 0.3) is 10.2 Å². The summed E-state index contributed by atoms with van der Waals surface area (Å²) in [6.45, 7) is 1.88. The van der Waals surface area contributed by atoms with Crippen molar-refractivity contribution in [2.75, 3.05) is 10.6 Å². The molecule has 1 fully saturated rings. The summed E-state index contributed by atoms with van der Waals surface area (Å²) in [4.78, 5) is 29.7. The number of nitrogens with zero attached hydrogens (tertiary/aromatic N) is 1. The van der Waals surface area contributed by atoms with Gasteiger partial charge in [0.2, 0.25) is 0 Å². The maximum absolute atomic E-state index is 12.8. The molecule has 3 aromatic rings. The molecule has 1 aromatic heterocycles. The van der Waals surface area contributed by atoms with E-state index in [0.717, 1.165) is 42.4 Å². The number of fused-ring (bicyclic) bond motifs is 1. The number of carbonyl (C=O) groups is 2. The quantitative estimate of drug-likeness (QED) is 0.414. The monoisotopic (exact) mass is 466 g/mol. The van der Waals surface area contributed by atoms with Crippen molar-refractivity contribution in [3.05, 3.63) is 52.5 Å². The first-order valence-electron chi connectivity index (χ1n) is 10.4. The van der Waals surface area contributed by atoms with Crippen molar-refractivity contribution in [3.63, 3.8) is 0 Å². The van der Waals surface area contributed by atoms with Gasteiger partial charge < -0.3 is 10.6 Å². The lowest BCUT2D eigenvalue weighted by Crippen LogP contribution is -2.50. The van der Waals surface area contributed by atoms with Gasteiger partial charge in [0.1, 0.15) is 5.54 Å². The Kier molecular flexibility index (Phi) is 6.35. The van der Waals surface area contributed by atoms with Crippen molar-refractivity contribution in [1.29, 1.82) is 0 Å². The fraction of sp³-hybridized carbons (Fsp3) is 0.292. The van der Waals surface area contributed by atoms with Crippen molar-refractivity contribution in [2.24, 2.45) is 0 Å². The number of terminal acetylenes is 1. The lowest BCUT2D eigenvalue weighted by molar-refractivity contribution is 0.102. The van der Waals surface area contributed by atoms with E-state index < -0.39 is 5.54 Å². The molecule has 8 heteroatoms. The highest BCUT2D eigenvalue weighted by molar-refractivity contribution is 7.22. The van der Waals surface area contributed by atoms with E-state index in [1.54, 1.807) is 24.3 Å². The van der Waals surface area contributed by atoms with Crippen LogP contribution in [0.15, 0.2) is 36.4 Å². The van der Waals surface area contributed by atoms with Gasteiger partial charge >= 0.3 is 6.03 Å². The van der Waals surface area contributed by atoms with E-state index in [1.165, 1.54) is 11.3 Å². The standard InChI is InChI=1S/C24H23ClN4O2S/c1-3-24(12-5-4-6-13-24)29-22(31)28-23-26-18-11-10-16(14-19(18)32-23)21(30)27-20-15(2)8-7-9-17(20)25/h1,7-11,14H,4-6,12-13H2,2H3,(H,27,30)(H2,26,28,29,31). The van der Waals surface area contributed by atoms with Crippen LogP contribution < -0.4 is 16.0 Å². The zero-order valence-electron chi connectivity index (χ0n) is 17.6. The molecule has 0 aliphatic heterocycles. The Hall–Kier alpha value is -3.08. The number of rotatable bonds is 4. The molecule has 0 radical (unpaired) electrons. The van der Waals surface area contributed by atoms with Gasteiger partial charge in [0, 0.05) is 5.56 Å². The number of aryl methyl sites for hydroxylation is 1. The average molecular weight is 467 g/mol. The first-order chi connectivity index (χ1) is 15.4. The molecule has 164 valence electrons. The van der Waals surface area contributed by atoms with Crippen LogP contribution >= 0.6 is 22.9 Å². The highest BCUT2D eigenvalue weighted by Gasteiger charge is 2.31. The second-order valence-corrected chi connectivity index (χ2v) is 9.39. The van der Waals surface area contributed by atoms with Crippen LogP contribution in [-0.2, 0) is 0 Å². The molecule has 1 saturated carbocycles. The summed E-state index contributed by atoms with van der Waals surface area (Å²) in [7, 11) is 0. The summed E-state index contributed by atoms with van der Waals surface area (Å²) in [6, 6.07) is 10.3. The second kappa shape index (κ2) is 9.19. The number of anilines is 2. The van der Waals surface area contributed by atoms with Crippen LogP contribution in [0.1, 0.15) is 48.0 Å². The predicted molar refractivity (Wildman–Crippen MR) is 131 cm³/mol. The van der Waals surface area contributed by atoms with Crippen molar-refractivity contribution >= 4 is 55.9 Å². The van der Waals surface area contributed by atoms with Gasteiger partial charge in [-0.15, -0.1) is 6.42 Å². The van der Waals surface area contributed by atoms with E-state index in [-0.39, 0.29) is 11.9 Å². The number of hydrogen-bond donors (Lipinski definition) is 3. The van der Waals surface area contributed by atoms with Gasteiger partial charge in [0.15, 0.2) is 5.13 Å². The van der Waals surface area contributed by atoms with Crippen LogP contribution in [0.2, 0.25) is 5.02 Å². The maximum atomic E-state index is 12.8. The Labute approximate surface area is 195 Å². The average Bonchev–Trinajstić information content (AvgIpc) is 3.18. The first kappa shape index (κ1) is 22.1. The SMILES string of the molecule is C#CC1(NC(=O)Nc2nc3ccc(C(=O)Nc4c(C)cccc4Cl)cc3s2)CCCCC1. The van der Waals surface area contributed by atoms with Crippen LogP contribution in [0.4, 0.5) is 15.6 Å². The molecule has 1 aliphatic carbocycles. The van der Waals surface area contributed by atoms with Gasteiger partial charge in [-0.3, -0.25) is 10.1 Å². The number of urea groups is 1. The van der Waals surface area contributed by atoms with E-state index in [2.05, 4.69) is 26.9 Å². The fourth-order valence-electron chi connectivity index (χ4n) is 3.90. The largest absolute Gasteiger partial charge is 0.322 e. The Morgan fingerprint density at radius 2 is 1.94 bits per heavy atom. The molecule has 0 bridgehead atoms. The second-order valence-electron chi connectivity index (χ2n) is 7.95. The van der Waals surface area contributed by atoms with Crippen molar-refractivity contribution in [3.8, 4) is 12.3 Å². The molecule has 0 saturated heterocycles. The van der Waals surface area contributed by atoms with Gasteiger partial charge in [-0.2, -0.15) is 0 Å². The fourth-order valence-corrected chi connectivity index (χ4v) is 5.07. The molecule has 32 heavy (non-hydrogen) atoms. The highest BCUT2D eigenvalue weighted by atomic mass is 35.5. The topological polar surface area (TPSA) is 83.1 Å². The number of aromatic nitrogens is 1. The summed E-state index contributed by atoms with van der Waals surface area (Å²) in [5.41, 5.74) is 2.05. The number of carbonyl (C=O) groups excluding carboxylic acids is 2. The summed E-state index contributed by atoms with van der Waals surface area (Å²) in [5, 5.41) is 9.53. The minimum absolute atomic E-state index is 0.267. The molecule has 3 N–H and O–H groups in total. The number of nitrogens with one attached hydrogen (secondary N) is 3. The van der Waals surface area contributed by atoms with E-state index in [4.69, 9.17) is 18.0 Å². The zero-order valence-corrected chi connectivity index (χ0v) is 19.2. The third kappa shape index (κ3) is 4.72. The molecule has 4 rings (SSSR count). The van der Waals surface area contributed by atoms with E-state index in [1.807, 2.05) is 19.1 Å². The molecule has 0 spiro atoms. The number of hydrogen-bond acceptors (Lipinski definition) is 4. The predicted octanol–water partition coefficient (Wildman–Crippen LogP) is 5.97. The molecule has 3 amide bonds. The smallest absolute Gasteiger partial charge is 0.321 e. The summed E-state index contributed by atoms with van der Waals surface area (Å²) in [5.74, 6) is 2.50. The van der Waals surface area contributed by atoms with Gasteiger partial charge in [0.05, 0.1) is 20.9 Å². The lowest BCUT2D eigenvalue weighted by Gasteiger charge is -2.33. The molecule has 1 heterocycles. The third-order valence-electron chi connectivity index (χ3n) is 5.67. The number of benzene rings is 2. The maximum Gasteiger partial charge on any atom is 0.322 e. The molecule has 6 nitrogen and oxygen atoms in total. The Morgan fingerprint density at radius 1 is 1.16 bits per heavy atom. The molecule has 0 atom stereocenters. The zero-order chi connectivity index (χ0) is 22.7. The number of amides is 3. The normalized spacial score (nSPS) is 15.0. The number of halogens is 1. The molecule has 0 unspecified atom stereocenters. The Balaban J connectivity index is 1.47.